The molecule has 4 rings (SSSR count). The number of benzene rings is 1. The number of nitrogens with one attached hydrogen (secondary N) is 1. The minimum Gasteiger partial charge on any atom is -0.336 e. The summed E-state index contributed by atoms with van der Waals surface area (Å²) in [6.45, 7) is 9.17. The molecule has 31 heavy (non-hydrogen) atoms. The first-order valence-electron chi connectivity index (χ1n) is 10.2. The molecular formula is C23H26N6O2. The van der Waals surface area contributed by atoms with Crippen molar-refractivity contribution < 1.29 is 4.79 Å². The van der Waals surface area contributed by atoms with Gasteiger partial charge in [0.2, 0.25) is 0 Å². The third-order valence-corrected chi connectivity index (χ3v) is 5.66. The molecule has 1 saturated heterocycles. The summed E-state index contributed by atoms with van der Waals surface area (Å²) < 4.78 is 1.39. The summed E-state index contributed by atoms with van der Waals surface area (Å²) >= 11 is 0. The van der Waals surface area contributed by atoms with Gasteiger partial charge in [-0.3, -0.25) is 19.7 Å². The van der Waals surface area contributed by atoms with Crippen LogP contribution in [-0.4, -0.2) is 70.4 Å². The number of hydrogen-bond acceptors (Lipinski definition) is 5. The van der Waals surface area contributed by atoms with Gasteiger partial charge in [-0.1, -0.05) is 18.2 Å². The summed E-state index contributed by atoms with van der Waals surface area (Å²) in [6, 6.07) is 9.30. The second-order valence-electron chi connectivity index (χ2n) is 7.86. The number of aryl methyl sites for hydroxylation is 1. The second kappa shape index (κ2) is 8.69. The van der Waals surface area contributed by atoms with E-state index in [2.05, 4.69) is 33.7 Å². The van der Waals surface area contributed by atoms with Crippen LogP contribution in [0.2, 0.25) is 0 Å². The molecule has 3 heterocycles. The van der Waals surface area contributed by atoms with Gasteiger partial charge in [0.25, 0.3) is 11.5 Å². The Hall–Kier alpha value is -3.52. The van der Waals surface area contributed by atoms with E-state index in [0.29, 0.717) is 36.6 Å². The number of piperazine rings is 1. The number of rotatable bonds is 5. The number of H-pyrrole nitrogens is 1. The molecule has 2 aromatic heterocycles. The molecule has 1 aromatic carbocycles. The molecule has 160 valence electrons. The van der Waals surface area contributed by atoms with Gasteiger partial charge >= 0.3 is 0 Å². The number of nitrogens with zero attached hydrogens (tertiary/aromatic N) is 5. The van der Waals surface area contributed by atoms with Gasteiger partial charge in [0, 0.05) is 38.6 Å². The number of aromatic nitrogens is 3. The molecule has 1 N–H and O–H groups in total. The molecule has 1 fully saturated rings. The van der Waals surface area contributed by atoms with Crippen molar-refractivity contribution in [3.8, 4) is 16.9 Å². The van der Waals surface area contributed by atoms with Gasteiger partial charge in [-0.05, 0) is 49.5 Å². The van der Waals surface area contributed by atoms with Gasteiger partial charge in [0.15, 0.2) is 5.82 Å². The number of hydrogen-bond donors (Lipinski definition) is 1. The minimum atomic E-state index is -0.191. The number of likely N-dealkylation sites (N-methyl/N-ethyl adjacent to an activating group) is 1. The Kier molecular flexibility index (Phi) is 5.81. The molecule has 0 radical (unpaired) electrons. The van der Waals surface area contributed by atoms with Crippen LogP contribution in [0.25, 0.3) is 16.9 Å². The van der Waals surface area contributed by atoms with Gasteiger partial charge in [-0.15, -0.1) is 0 Å². The van der Waals surface area contributed by atoms with Gasteiger partial charge in [-0.2, -0.15) is 0 Å². The van der Waals surface area contributed by atoms with Crippen LogP contribution in [0.1, 0.15) is 21.5 Å². The van der Waals surface area contributed by atoms with Crippen molar-refractivity contribution in [1.82, 2.24) is 24.6 Å². The topological polar surface area (TPSA) is 86.6 Å². The molecule has 0 aliphatic carbocycles. The molecule has 1 aliphatic rings. The van der Waals surface area contributed by atoms with Crippen molar-refractivity contribution in [3.63, 3.8) is 0 Å². The maximum absolute atomic E-state index is 13.0. The smallest absolute Gasteiger partial charge is 0.280 e. The third kappa shape index (κ3) is 4.20. The molecule has 8 nitrogen and oxygen atoms in total. The van der Waals surface area contributed by atoms with Crippen LogP contribution in [0.15, 0.2) is 52.5 Å². The zero-order chi connectivity index (χ0) is 22.0. The van der Waals surface area contributed by atoms with Crippen molar-refractivity contribution in [1.29, 1.82) is 0 Å². The summed E-state index contributed by atoms with van der Waals surface area (Å²) in [6.07, 6.45) is 3.21. The highest BCUT2D eigenvalue weighted by Gasteiger charge is 2.21. The lowest BCUT2D eigenvalue weighted by atomic mass is 10.0. The van der Waals surface area contributed by atoms with E-state index in [-0.39, 0.29) is 11.5 Å². The maximum atomic E-state index is 13.0. The first-order chi connectivity index (χ1) is 15.0. The zero-order valence-electron chi connectivity index (χ0n) is 17.8. The molecular weight excluding hydrogens is 392 g/mol. The summed E-state index contributed by atoms with van der Waals surface area (Å²) in [4.78, 5) is 38.0. The van der Waals surface area contributed by atoms with E-state index in [1.165, 1.54) is 10.9 Å². The number of carbonyl (C=O) groups excluding carboxylic acids is 1. The van der Waals surface area contributed by atoms with Crippen molar-refractivity contribution in [2.45, 2.75) is 13.5 Å². The van der Waals surface area contributed by atoms with Crippen molar-refractivity contribution in [3.05, 3.63) is 69.8 Å². The van der Waals surface area contributed by atoms with Crippen LogP contribution in [0.3, 0.4) is 0 Å². The first-order valence-corrected chi connectivity index (χ1v) is 10.2. The molecule has 0 atom stereocenters. The predicted molar refractivity (Wildman–Crippen MR) is 121 cm³/mol. The normalized spacial score (nSPS) is 14.6. The highest BCUT2D eigenvalue weighted by atomic mass is 16.2. The number of carbonyl (C=O) groups is 1. The monoisotopic (exact) mass is 418 g/mol. The van der Waals surface area contributed by atoms with Crippen molar-refractivity contribution in [2.75, 3.05) is 33.2 Å². The predicted octanol–water partition coefficient (Wildman–Crippen LogP) is 2.12. The highest BCUT2D eigenvalue weighted by molar-refractivity contribution is 5.94. The fraction of sp³-hybridized carbons (Fsp3) is 0.304. The van der Waals surface area contributed by atoms with E-state index < -0.39 is 0 Å². The summed E-state index contributed by atoms with van der Waals surface area (Å²) in [7, 11) is 2.05. The number of amides is 1. The Morgan fingerprint density at radius 1 is 1.16 bits per heavy atom. The highest BCUT2D eigenvalue weighted by Crippen LogP contribution is 2.22. The fourth-order valence-electron chi connectivity index (χ4n) is 3.83. The van der Waals surface area contributed by atoms with Gasteiger partial charge in [-0.25, -0.2) is 9.67 Å². The number of aliphatic imine (C=N–C) groups is 1. The molecule has 1 aliphatic heterocycles. The summed E-state index contributed by atoms with van der Waals surface area (Å²) in [5.41, 5.74) is 3.79. The molecule has 0 bridgehead atoms. The van der Waals surface area contributed by atoms with Crippen LogP contribution in [0.4, 0.5) is 0 Å². The molecule has 1 amide bonds. The van der Waals surface area contributed by atoms with Crippen LogP contribution in [0.5, 0.6) is 0 Å². The Bertz CT molecular complexity index is 1150. The van der Waals surface area contributed by atoms with Crippen LogP contribution < -0.4 is 5.56 Å². The first kappa shape index (κ1) is 20.7. The Labute approximate surface area is 180 Å². The van der Waals surface area contributed by atoms with Gasteiger partial charge in [0.1, 0.15) is 0 Å². The lowest BCUT2D eigenvalue weighted by Gasteiger charge is -2.32. The van der Waals surface area contributed by atoms with Crippen LogP contribution >= 0.6 is 0 Å². The Morgan fingerprint density at radius 3 is 2.58 bits per heavy atom. The summed E-state index contributed by atoms with van der Waals surface area (Å²) in [5.74, 6) is 0.410. The average molecular weight is 419 g/mol. The molecule has 8 heteroatoms. The van der Waals surface area contributed by atoms with Crippen molar-refractivity contribution in [2.24, 2.45) is 4.99 Å². The number of aromatic amines is 1. The van der Waals surface area contributed by atoms with Gasteiger partial charge in [0.05, 0.1) is 17.7 Å². The third-order valence-electron chi connectivity index (χ3n) is 5.66. The lowest BCUT2D eigenvalue weighted by Crippen LogP contribution is -2.47. The maximum Gasteiger partial charge on any atom is 0.280 e. The van der Waals surface area contributed by atoms with E-state index >= 15 is 0 Å². The molecule has 0 unspecified atom stereocenters. The van der Waals surface area contributed by atoms with Crippen LogP contribution in [0, 0.1) is 6.92 Å². The number of pyridine rings is 1. The van der Waals surface area contributed by atoms with E-state index in [1.54, 1.807) is 18.3 Å². The average Bonchev–Trinajstić information content (AvgIpc) is 3.15. The standard InChI is InChI=1S/C23H26N6O2/c1-16-12-17(13-24-2)4-6-19(16)20-15-26-29(23(20)31)21-7-5-18(14-25-21)22(30)28-10-8-27(3)9-11-28/h4-7,12,14-15,26H,2,8-11,13H2,1,3H3. The zero-order valence-corrected chi connectivity index (χ0v) is 17.8. The van der Waals surface area contributed by atoms with E-state index in [4.69, 9.17) is 0 Å². The van der Waals surface area contributed by atoms with Crippen molar-refractivity contribution >= 4 is 12.6 Å². The largest absolute Gasteiger partial charge is 0.336 e. The SMILES string of the molecule is C=NCc1ccc(-c2c[nH]n(-c3ccc(C(=O)N4CCN(C)CC4)cn3)c2=O)c(C)c1. The minimum absolute atomic E-state index is 0.0311. The van der Waals surface area contributed by atoms with E-state index in [9.17, 15) is 9.59 Å². The molecule has 3 aromatic rings. The summed E-state index contributed by atoms with van der Waals surface area (Å²) in [5, 5.41) is 2.99. The van der Waals surface area contributed by atoms with Gasteiger partial charge < -0.3 is 9.80 Å². The molecule has 0 spiro atoms. The second-order valence-corrected chi connectivity index (χ2v) is 7.86. The van der Waals surface area contributed by atoms with E-state index in [1.807, 2.05) is 30.0 Å². The van der Waals surface area contributed by atoms with Crippen LogP contribution in [-0.2, 0) is 6.54 Å². The van der Waals surface area contributed by atoms with E-state index in [0.717, 1.165) is 29.8 Å². The quantitative estimate of drug-likeness (QED) is 0.643. The Morgan fingerprint density at radius 2 is 1.94 bits per heavy atom. The fourth-order valence-corrected chi connectivity index (χ4v) is 3.83. The Balaban J connectivity index is 1.56. The molecule has 0 saturated carbocycles. The lowest BCUT2D eigenvalue weighted by molar-refractivity contribution is 0.0663.